The highest BCUT2D eigenvalue weighted by Gasteiger charge is 2.22. The van der Waals surface area contributed by atoms with Crippen molar-refractivity contribution in [2.45, 2.75) is 39.2 Å². The second-order valence-corrected chi connectivity index (χ2v) is 6.50. The van der Waals surface area contributed by atoms with Crippen LogP contribution in [0.3, 0.4) is 0 Å². The topological polar surface area (TPSA) is 59.4 Å². The van der Waals surface area contributed by atoms with Gasteiger partial charge in [0.05, 0.1) is 31.1 Å². The maximum absolute atomic E-state index is 12.1. The Labute approximate surface area is 132 Å². The Morgan fingerprint density at radius 2 is 2.36 bits per heavy atom. The van der Waals surface area contributed by atoms with Crippen LogP contribution >= 0.6 is 0 Å². The molecule has 22 heavy (non-hydrogen) atoms. The van der Waals surface area contributed by atoms with Crippen molar-refractivity contribution < 1.29 is 9.53 Å². The zero-order valence-corrected chi connectivity index (χ0v) is 13.9. The fraction of sp³-hybridized carbons (Fsp3) is 0.750. The molecule has 0 saturated carbocycles. The van der Waals surface area contributed by atoms with Gasteiger partial charge < -0.3 is 10.1 Å². The van der Waals surface area contributed by atoms with E-state index < -0.39 is 0 Å². The summed E-state index contributed by atoms with van der Waals surface area (Å²) < 4.78 is 7.48. The van der Waals surface area contributed by atoms with Crippen molar-refractivity contribution in [1.29, 1.82) is 0 Å². The van der Waals surface area contributed by atoms with Crippen molar-refractivity contribution >= 4 is 11.6 Å². The molecule has 0 bridgehead atoms. The minimum Gasteiger partial charge on any atom is -0.376 e. The Kier molecular flexibility index (Phi) is 6.39. The fourth-order valence-corrected chi connectivity index (χ4v) is 2.74. The lowest BCUT2D eigenvalue weighted by atomic mass is 10.0. The molecular weight excluding hydrogens is 280 g/mol. The standard InChI is InChI=1S/C16H28N4O2/c1-13(2)5-4-6-15-11-20(7-8-22-15)12-16(21)18-14-9-17-19(3)10-14/h9-10,13,15H,4-8,11-12H2,1-3H3,(H,18,21)/t15-/m0/s1. The average Bonchev–Trinajstić information content (AvgIpc) is 2.84. The molecule has 0 aliphatic carbocycles. The van der Waals surface area contributed by atoms with Crippen LogP contribution < -0.4 is 5.32 Å². The summed E-state index contributed by atoms with van der Waals surface area (Å²) in [6.07, 6.45) is 7.23. The van der Waals surface area contributed by atoms with Gasteiger partial charge >= 0.3 is 0 Å². The second-order valence-electron chi connectivity index (χ2n) is 6.50. The van der Waals surface area contributed by atoms with Crippen LogP contribution in [0.5, 0.6) is 0 Å². The van der Waals surface area contributed by atoms with E-state index in [1.54, 1.807) is 17.1 Å². The fourth-order valence-electron chi connectivity index (χ4n) is 2.74. The molecule has 6 heteroatoms. The Bertz CT molecular complexity index is 472. The SMILES string of the molecule is CC(C)CCC[C@H]1CN(CC(=O)Nc2cnn(C)c2)CCO1. The van der Waals surface area contributed by atoms with Crippen LogP contribution in [-0.2, 0) is 16.6 Å². The van der Waals surface area contributed by atoms with E-state index >= 15 is 0 Å². The van der Waals surface area contributed by atoms with Gasteiger partial charge in [0.25, 0.3) is 0 Å². The first kappa shape index (κ1) is 17.0. The summed E-state index contributed by atoms with van der Waals surface area (Å²) in [5, 5.41) is 6.92. The molecule has 1 aromatic rings. The van der Waals surface area contributed by atoms with Crippen LogP contribution in [0.4, 0.5) is 5.69 Å². The van der Waals surface area contributed by atoms with Gasteiger partial charge in [-0.3, -0.25) is 14.4 Å². The van der Waals surface area contributed by atoms with Gasteiger partial charge in [-0.2, -0.15) is 5.10 Å². The molecule has 1 amide bonds. The maximum Gasteiger partial charge on any atom is 0.238 e. The molecule has 1 fully saturated rings. The number of ether oxygens (including phenoxy) is 1. The summed E-state index contributed by atoms with van der Waals surface area (Å²) >= 11 is 0. The molecule has 6 nitrogen and oxygen atoms in total. The van der Waals surface area contributed by atoms with Gasteiger partial charge in [-0.15, -0.1) is 0 Å². The molecule has 2 rings (SSSR count). The van der Waals surface area contributed by atoms with E-state index in [9.17, 15) is 4.79 Å². The number of hydrogen-bond acceptors (Lipinski definition) is 4. The molecule has 0 unspecified atom stereocenters. The predicted molar refractivity (Wildman–Crippen MR) is 86.7 cm³/mol. The van der Waals surface area contributed by atoms with Crippen molar-refractivity contribution in [3.63, 3.8) is 0 Å². The summed E-state index contributed by atoms with van der Waals surface area (Å²) in [5.74, 6) is 0.751. The summed E-state index contributed by atoms with van der Waals surface area (Å²) in [4.78, 5) is 14.2. The van der Waals surface area contributed by atoms with Gasteiger partial charge in [-0.1, -0.05) is 26.7 Å². The van der Waals surface area contributed by atoms with Gasteiger partial charge in [-0.05, 0) is 12.3 Å². The van der Waals surface area contributed by atoms with Crippen LogP contribution in [0.25, 0.3) is 0 Å². The summed E-state index contributed by atoms with van der Waals surface area (Å²) in [7, 11) is 1.83. The van der Waals surface area contributed by atoms with Crippen LogP contribution in [-0.4, -0.2) is 52.9 Å². The highest BCUT2D eigenvalue weighted by molar-refractivity contribution is 5.91. The maximum atomic E-state index is 12.1. The first-order valence-corrected chi connectivity index (χ1v) is 8.15. The molecule has 1 aromatic heterocycles. The minimum atomic E-state index is 0.0100. The Morgan fingerprint density at radius 3 is 3.05 bits per heavy atom. The van der Waals surface area contributed by atoms with E-state index in [4.69, 9.17) is 4.74 Å². The third-order valence-electron chi connectivity index (χ3n) is 3.89. The van der Waals surface area contributed by atoms with E-state index in [0.29, 0.717) is 13.2 Å². The van der Waals surface area contributed by atoms with Crippen molar-refractivity contribution in [3.8, 4) is 0 Å². The molecule has 1 N–H and O–H groups in total. The van der Waals surface area contributed by atoms with Gasteiger partial charge in [-0.25, -0.2) is 0 Å². The van der Waals surface area contributed by atoms with E-state index in [1.807, 2.05) is 7.05 Å². The number of amides is 1. The normalized spacial score (nSPS) is 19.5. The number of hydrogen-bond donors (Lipinski definition) is 1. The number of aryl methyl sites for hydroxylation is 1. The number of rotatable bonds is 7. The number of morpholine rings is 1. The van der Waals surface area contributed by atoms with Crippen molar-refractivity contribution in [2.75, 3.05) is 31.6 Å². The first-order valence-electron chi connectivity index (χ1n) is 8.15. The molecule has 2 heterocycles. The first-order chi connectivity index (χ1) is 10.5. The van der Waals surface area contributed by atoms with Crippen molar-refractivity contribution in [1.82, 2.24) is 14.7 Å². The van der Waals surface area contributed by atoms with Crippen LogP contribution in [0.15, 0.2) is 12.4 Å². The summed E-state index contributed by atoms with van der Waals surface area (Å²) in [6.45, 7) is 7.29. The monoisotopic (exact) mass is 308 g/mol. The van der Waals surface area contributed by atoms with E-state index in [0.717, 1.165) is 31.1 Å². The molecule has 0 spiro atoms. The molecule has 124 valence electrons. The summed E-state index contributed by atoms with van der Waals surface area (Å²) in [6, 6.07) is 0. The van der Waals surface area contributed by atoms with Gasteiger partial charge in [0.2, 0.25) is 5.91 Å². The molecule has 1 saturated heterocycles. The van der Waals surface area contributed by atoms with E-state index in [-0.39, 0.29) is 12.0 Å². The molecule has 1 aliphatic rings. The Balaban J connectivity index is 1.71. The second kappa shape index (κ2) is 8.29. The zero-order valence-electron chi connectivity index (χ0n) is 13.9. The van der Waals surface area contributed by atoms with Crippen LogP contribution in [0.1, 0.15) is 33.1 Å². The lowest BCUT2D eigenvalue weighted by Crippen LogP contribution is -2.45. The smallest absolute Gasteiger partial charge is 0.238 e. The van der Waals surface area contributed by atoms with Gasteiger partial charge in [0.1, 0.15) is 0 Å². The largest absolute Gasteiger partial charge is 0.376 e. The van der Waals surface area contributed by atoms with Crippen LogP contribution in [0.2, 0.25) is 0 Å². The predicted octanol–water partition coefficient (Wildman–Crippen LogP) is 1.89. The van der Waals surface area contributed by atoms with Crippen molar-refractivity contribution in [2.24, 2.45) is 13.0 Å². The Morgan fingerprint density at radius 1 is 1.55 bits per heavy atom. The lowest BCUT2D eigenvalue weighted by Gasteiger charge is -2.32. The number of carbonyl (C=O) groups excluding carboxylic acids is 1. The minimum absolute atomic E-state index is 0.0100. The highest BCUT2D eigenvalue weighted by Crippen LogP contribution is 2.14. The van der Waals surface area contributed by atoms with Gasteiger partial charge in [0.15, 0.2) is 0 Å². The molecular formula is C16H28N4O2. The third-order valence-corrected chi connectivity index (χ3v) is 3.89. The molecule has 1 aliphatic heterocycles. The van der Waals surface area contributed by atoms with Gasteiger partial charge in [0, 0.05) is 26.3 Å². The van der Waals surface area contributed by atoms with Crippen LogP contribution in [0, 0.1) is 5.92 Å². The number of nitrogens with one attached hydrogen (secondary N) is 1. The number of anilines is 1. The molecule has 1 atom stereocenters. The quantitative estimate of drug-likeness (QED) is 0.835. The van der Waals surface area contributed by atoms with Crippen molar-refractivity contribution in [3.05, 3.63) is 12.4 Å². The average molecular weight is 308 g/mol. The Hall–Kier alpha value is -1.40. The number of nitrogens with zero attached hydrogens (tertiary/aromatic N) is 3. The number of carbonyl (C=O) groups is 1. The van der Waals surface area contributed by atoms with E-state index in [2.05, 4.69) is 29.2 Å². The highest BCUT2D eigenvalue weighted by atomic mass is 16.5. The van der Waals surface area contributed by atoms with E-state index in [1.165, 1.54) is 12.8 Å². The lowest BCUT2D eigenvalue weighted by molar-refractivity contribution is -0.119. The third kappa shape index (κ3) is 5.77. The number of aromatic nitrogens is 2. The zero-order chi connectivity index (χ0) is 15.9. The molecule has 0 aromatic carbocycles. The molecule has 0 radical (unpaired) electrons. The summed E-state index contributed by atoms with van der Waals surface area (Å²) in [5.41, 5.74) is 0.745.